The Labute approximate surface area is 351 Å². The van der Waals surface area contributed by atoms with E-state index < -0.39 is 6.10 Å². The maximum Gasteiger partial charge on any atom is 0.306 e. The van der Waals surface area contributed by atoms with E-state index in [1.807, 2.05) is 0 Å². The maximum absolute atomic E-state index is 12.7. The molecule has 1 atom stereocenters. The van der Waals surface area contributed by atoms with Gasteiger partial charge in [-0.2, -0.15) is 0 Å². The summed E-state index contributed by atoms with van der Waals surface area (Å²) in [5.41, 5.74) is 0. The van der Waals surface area contributed by atoms with Crippen LogP contribution in [0.4, 0.5) is 0 Å². The third-order valence-corrected chi connectivity index (χ3v) is 9.72. The van der Waals surface area contributed by atoms with E-state index in [1.165, 1.54) is 70.6 Å². The molecule has 1 unspecified atom stereocenters. The lowest BCUT2D eigenvalue weighted by atomic mass is 10.0. The summed E-state index contributed by atoms with van der Waals surface area (Å²) in [6, 6.07) is 0. The van der Waals surface area contributed by atoms with Crippen molar-refractivity contribution in [3.05, 3.63) is 72.9 Å². The Morgan fingerprint density at radius 2 is 0.754 bits per heavy atom. The van der Waals surface area contributed by atoms with Crippen LogP contribution in [0.1, 0.15) is 213 Å². The fourth-order valence-corrected chi connectivity index (χ4v) is 6.17. The molecule has 0 aliphatic heterocycles. The number of hydrogen-bond acceptors (Lipinski definition) is 6. The monoisotopic (exact) mass is 795 g/mol. The summed E-state index contributed by atoms with van der Waals surface area (Å²) in [5, 5.41) is 0. The third-order valence-electron chi connectivity index (χ3n) is 9.72. The second kappa shape index (κ2) is 45.6. The summed E-state index contributed by atoms with van der Waals surface area (Å²) in [4.78, 5) is 37.8. The minimum Gasteiger partial charge on any atom is -0.462 e. The van der Waals surface area contributed by atoms with Gasteiger partial charge in [0, 0.05) is 19.3 Å². The number of esters is 3. The van der Waals surface area contributed by atoms with Crippen LogP contribution >= 0.6 is 0 Å². The van der Waals surface area contributed by atoms with Crippen LogP contribution in [0, 0.1) is 0 Å². The second-order valence-electron chi connectivity index (χ2n) is 15.3. The van der Waals surface area contributed by atoms with Crippen LogP contribution in [0.5, 0.6) is 0 Å². The lowest BCUT2D eigenvalue weighted by Gasteiger charge is -2.18. The second-order valence-corrected chi connectivity index (χ2v) is 15.3. The zero-order valence-electron chi connectivity index (χ0n) is 37.1. The van der Waals surface area contributed by atoms with Gasteiger partial charge in [0.15, 0.2) is 6.10 Å². The van der Waals surface area contributed by atoms with Gasteiger partial charge < -0.3 is 14.2 Å². The number of hydrogen-bond donors (Lipinski definition) is 0. The van der Waals surface area contributed by atoms with Crippen LogP contribution in [0.15, 0.2) is 72.9 Å². The minimum absolute atomic E-state index is 0.0989. The predicted octanol–water partition coefficient (Wildman–Crippen LogP) is 15.1. The third kappa shape index (κ3) is 43.8. The fourth-order valence-electron chi connectivity index (χ4n) is 6.17. The average molecular weight is 795 g/mol. The van der Waals surface area contributed by atoms with E-state index in [-0.39, 0.29) is 31.1 Å². The summed E-state index contributed by atoms with van der Waals surface area (Å²) >= 11 is 0. The zero-order valence-corrected chi connectivity index (χ0v) is 37.1. The molecule has 6 heteroatoms. The molecule has 0 aromatic carbocycles. The van der Waals surface area contributed by atoms with Gasteiger partial charge in [-0.15, -0.1) is 0 Å². The Bertz CT molecular complexity index is 1100. The normalized spacial score (nSPS) is 12.7. The standard InChI is InChI=1S/C51H86O6/c1-4-7-10-13-16-19-22-24-25-26-27-30-32-35-38-41-44-50(53)56-47-48(46-55-49(52)43-40-37-34-31-28-21-18-15-12-9-6-3)57-51(54)45-42-39-36-33-29-23-20-17-14-11-8-5-2/h7,10,15-16,18-19,21,24-25,27-28,30,48H,4-6,8-9,11-14,17,20,22-23,26,29,31-47H2,1-3H3/b10-7-,18-15-,19-16-,25-24-,28-21-,30-27-. The molecule has 0 bridgehead atoms. The van der Waals surface area contributed by atoms with Crippen molar-refractivity contribution < 1.29 is 28.6 Å². The molecule has 0 fully saturated rings. The van der Waals surface area contributed by atoms with Crippen LogP contribution in [-0.4, -0.2) is 37.2 Å². The molecule has 0 aliphatic rings. The maximum atomic E-state index is 12.7. The molecule has 57 heavy (non-hydrogen) atoms. The van der Waals surface area contributed by atoms with Crippen molar-refractivity contribution in [2.24, 2.45) is 0 Å². The van der Waals surface area contributed by atoms with Crippen molar-refractivity contribution in [3.63, 3.8) is 0 Å². The Hall–Kier alpha value is -3.15. The molecular formula is C51H86O6. The van der Waals surface area contributed by atoms with E-state index in [1.54, 1.807) is 0 Å². The lowest BCUT2D eigenvalue weighted by molar-refractivity contribution is -0.167. The van der Waals surface area contributed by atoms with E-state index in [0.717, 1.165) is 103 Å². The quantitative estimate of drug-likeness (QED) is 0.0202. The van der Waals surface area contributed by atoms with Gasteiger partial charge in [0.1, 0.15) is 13.2 Å². The van der Waals surface area contributed by atoms with Gasteiger partial charge in [0.2, 0.25) is 0 Å². The first-order valence-electron chi connectivity index (χ1n) is 23.5. The molecule has 0 radical (unpaired) electrons. The highest BCUT2D eigenvalue weighted by Crippen LogP contribution is 2.14. The van der Waals surface area contributed by atoms with E-state index in [0.29, 0.717) is 19.3 Å². The summed E-state index contributed by atoms with van der Waals surface area (Å²) in [6.45, 7) is 6.40. The van der Waals surface area contributed by atoms with Crippen molar-refractivity contribution in [1.29, 1.82) is 0 Å². The zero-order chi connectivity index (χ0) is 41.5. The summed E-state index contributed by atoms with van der Waals surface area (Å²) in [5.74, 6) is -0.959. The number of rotatable bonds is 41. The molecule has 0 aliphatic carbocycles. The lowest BCUT2D eigenvalue weighted by Crippen LogP contribution is -2.30. The molecule has 0 amide bonds. The summed E-state index contributed by atoms with van der Waals surface area (Å²) in [6.07, 6.45) is 56.0. The number of allylic oxidation sites excluding steroid dienone is 12. The molecule has 0 spiro atoms. The topological polar surface area (TPSA) is 78.9 Å². The van der Waals surface area contributed by atoms with E-state index >= 15 is 0 Å². The fraction of sp³-hybridized carbons (Fsp3) is 0.706. The molecule has 0 heterocycles. The van der Waals surface area contributed by atoms with Crippen LogP contribution < -0.4 is 0 Å². The molecule has 0 saturated heterocycles. The predicted molar refractivity (Wildman–Crippen MR) is 242 cm³/mol. The van der Waals surface area contributed by atoms with Gasteiger partial charge >= 0.3 is 17.9 Å². The van der Waals surface area contributed by atoms with Crippen LogP contribution in [0.25, 0.3) is 0 Å². The Morgan fingerprint density at radius 1 is 0.386 bits per heavy atom. The van der Waals surface area contributed by atoms with Crippen LogP contribution in [0.3, 0.4) is 0 Å². The van der Waals surface area contributed by atoms with Crippen LogP contribution in [-0.2, 0) is 28.6 Å². The Morgan fingerprint density at radius 3 is 1.23 bits per heavy atom. The molecule has 0 rings (SSSR count). The van der Waals surface area contributed by atoms with Gasteiger partial charge in [-0.05, 0) is 77.0 Å². The van der Waals surface area contributed by atoms with E-state index in [4.69, 9.17) is 14.2 Å². The van der Waals surface area contributed by atoms with Gasteiger partial charge in [-0.3, -0.25) is 14.4 Å². The van der Waals surface area contributed by atoms with E-state index in [9.17, 15) is 14.4 Å². The minimum atomic E-state index is -0.795. The first-order chi connectivity index (χ1) is 28.0. The van der Waals surface area contributed by atoms with E-state index in [2.05, 4.69) is 93.7 Å². The number of unbranched alkanes of at least 4 members (excludes halogenated alkanes) is 19. The first-order valence-corrected chi connectivity index (χ1v) is 23.5. The molecular weight excluding hydrogens is 709 g/mol. The Kier molecular flexibility index (Phi) is 43.0. The van der Waals surface area contributed by atoms with Crippen molar-refractivity contribution in [2.75, 3.05) is 13.2 Å². The largest absolute Gasteiger partial charge is 0.462 e. The van der Waals surface area contributed by atoms with Crippen molar-refractivity contribution in [1.82, 2.24) is 0 Å². The van der Waals surface area contributed by atoms with Gasteiger partial charge in [-0.25, -0.2) is 0 Å². The molecule has 326 valence electrons. The van der Waals surface area contributed by atoms with Gasteiger partial charge in [0.05, 0.1) is 0 Å². The Balaban J connectivity index is 4.46. The highest BCUT2D eigenvalue weighted by atomic mass is 16.6. The van der Waals surface area contributed by atoms with Crippen molar-refractivity contribution >= 4 is 17.9 Å². The van der Waals surface area contributed by atoms with Crippen LogP contribution in [0.2, 0.25) is 0 Å². The molecule has 0 aromatic rings. The molecule has 0 aromatic heterocycles. The summed E-state index contributed by atoms with van der Waals surface area (Å²) < 4.78 is 16.7. The summed E-state index contributed by atoms with van der Waals surface area (Å²) in [7, 11) is 0. The highest BCUT2D eigenvalue weighted by Gasteiger charge is 2.19. The van der Waals surface area contributed by atoms with Gasteiger partial charge in [-0.1, -0.05) is 190 Å². The van der Waals surface area contributed by atoms with Gasteiger partial charge in [0.25, 0.3) is 0 Å². The van der Waals surface area contributed by atoms with Crippen molar-refractivity contribution in [2.45, 2.75) is 219 Å². The number of carbonyl (C=O) groups excluding carboxylic acids is 3. The molecule has 6 nitrogen and oxygen atoms in total. The molecule has 0 N–H and O–H groups in total. The molecule has 0 saturated carbocycles. The number of ether oxygens (including phenoxy) is 3. The first kappa shape index (κ1) is 53.9. The smallest absolute Gasteiger partial charge is 0.306 e. The number of carbonyl (C=O) groups is 3. The SMILES string of the molecule is CC/C=C\C/C=C\C/C=C\C/C=C\CCCCCC(=O)OCC(COC(=O)CCCCC/C=C\C=C/CCCC)OC(=O)CCCCCCCCCCCCCC. The highest BCUT2D eigenvalue weighted by molar-refractivity contribution is 5.71. The average Bonchev–Trinajstić information content (AvgIpc) is 3.21. The van der Waals surface area contributed by atoms with Crippen molar-refractivity contribution in [3.8, 4) is 0 Å².